The molecule has 0 amide bonds. The van der Waals surface area contributed by atoms with Gasteiger partial charge in [0.25, 0.3) is 20.0 Å². The highest BCUT2D eigenvalue weighted by Crippen LogP contribution is 2.46. The van der Waals surface area contributed by atoms with Crippen LogP contribution in [0.4, 0.5) is 22.7 Å². The average Bonchev–Trinajstić information content (AvgIpc) is 3.59. The van der Waals surface area contributed by atoms with Gasteiger partial charge >= 0.3 is 0 Å². The van der Waals surface area contributed by atoms with Crippen LogP contribution in [0.3, 0.4) is 0 Å². The highest BCUT2D eigenvalue weighted by Gasteiger charge is 2.31. The number of para-hydroxylation sites is 4. The zero-order chi connectivity index (χ0) is 36.2. The largest absolute Gasteiger partial charge is 0.269 e. The van der Waals surface area contributed by atoms with Crippen molar-refractivity contribution < 1.29 is 16.8 Å². The Kier molecular flexibility index (Phi) is 8.00. The van der Waals surface area contributed by atoms with Gasteiger partial charge in [0.05, 0.1) is 32.5 Å². The summed E-state index contributed by atoms with van der Waals surface area (Å²) in [6.45, 7) is 0. The number of benzene rings is 8. The molecule has 0 N–H and O–H groups in total. The maximum Gasteiger partial charge on any atom is 0.269 e. The van der Waals surface area contributed by atoms with Crippen LogP contribution >= 0.6 is 11.3 Å². The van der Waals surface area contributed by atoms with Gasteiger partial charge in [0.15, 0.2) is 0 Å². The van der Waals surface area contributed by atoms with Gasteiger partial charge in [-0.25, -0.2) is 25.4 Å². The number of thiophene rings is 1. The van der Waals surface area contributed by atoms with E-state index < -0.39 is 20.0 Å². The molecule has 8 aromatic carbocycles. The van der Waals surface area contributed by atoms with Gasteiger partial charge in [-0.3, -0.25) is 0 Å². The molecule has 0 spiro atoms. The van der Waals surface area contributed by atoms with Crippen molar-refractivity contribution >= 4 is 95.9 Å². The second-order valence-corrected chi connectivity index (χ2v) is 17.2. The van der Waals surface area contributed by atoms with Gasteiger partial charge in [0, 0.05) is 30.9 Å². The Balaban J connectivity index is 1.27. The van der Waals surface area contributed by atoms with Crippen molar-refractivity contribution in [1.82, 2.24) is 0 Å². The Labute approximate surface area is 311 Å². The lowest BCUT2D eigenvalue weighted by Crippen LogP contribution is -2.26. The van der Waals surface area contributed by atoms with E-state index in [4.69, 9.17) is 0 Å². The first-order chi connectivity index (χ1) is 25.8. The van der Waals surface area contributed by atoms with Gasteiger partial charge in [-0.1, -0.05) is 115 Å². The van der Waals surface area contributed by atoms with Crippen molar-refractivity contribution in [3.05, 3.63) is 182 Å². The summed E-state index contributed by atoms with van der Waals surface area (Å²) in [6, 6.07) is 54.9. The molecule has 0 saturated carbocycles. The van der Waals surface area contributed by atoms with Crippen molar-refractivity contribution in [3.8, 4) is 0 Å². The molecule has 0 atom stereocenters. The van der Waals surface area contributed by atoms with Crippen LogP contribution < -0.4 is 8.61 Å². The molecule has 1 heterocycles. The van der Waals surface area contributed by atoms with E-state index in [0.717, 1.165) is 36.3 Å². The Morgan fingerprint density at radius 3 is 1.38 bits per heavy atom. The minimum Gasteiger partial charge on any atom is -0.235 e. The van der Waals surface area contributed by atoms with Gasteiger partial charge in [-0.05, 0) is 77.5 Å². The Bertz CT molecular complexity index is 2950. The van der Waals surface area contributed by atoms with Crippen molar-refractivity contribution in [3.63, 3.8) is 0 Å². The third-order valence-electron chi connectivity index (χ3n) is 9.41. The number of hydrogen-bond acceptors (Lipinski definition) is 5. The monoisotopic (exact) mass is 746 g/mol. The van der Waals surface area contributed by atoms with E-state index in [1.807, 2.05) is 115 Å². The number of rotatable bonds is 8. The molecule has 9 aromatic rings. The van der Waals surface area contributed by atoms with Crippen LogP contribution in [-0.4, -0.2) is 16.8 Å². The first kappa shape index (κ1) is 32.9. The normalized spacial score (nSPS) is 12.1. The standard InChI is InChI=1S/C44H30N2O4S3/c47-52(48,45(32-15-5-1-6-16-32)33-17-7-2-8-18-33)36-27-25-31-26-28-39-43-38-24-14-13-23-37(38)42(30-41(43)51-44(39)40(31)29-36)53(49,50)46(34-19-9-3-10-20-34)35-21-11-4-12-22-35/h1-30H. The van der Waals surface area contributed by atoms with Gasteiger partial charge in [0.2, 0.25) is 0 Å². The summed E-state index contributed by atoms with van der Waals surface area (Å²) < 4.78 is 63.4. The minimum absolute atomic E-state index is 0.150. The molecule has 0 fully saturated rings. The molecule has 0 aliphatic rings. The van der Waals surface area contributed by atoms with Crippen LogP contribution in [0.25, 0.3) is 41.7 Å². The summed E-state index contributed by atoms with van der Waals surface area (Å²) in [7, 11) is -8.21. The number of nitrogens with zero attached hydrogens (tertiary/aromatic N) is 2. The van der Waals surface area contributed by atoms with Crippen LogP contribution in [0, 0.1) is 0 Å². The summed E-state index contributed by atoms with van der Waals surface area (Å²) in [5.41, 5.74) is 2.11. The molecular weight excluding hydrogens is 717 g/mol. The van der Waals surface area contributed by atoms with E-state index in [0.29, 0.717) is 28.1 Å². The van der Waals surface area contributed by atoms with Gasteiger partial charge < -0.3 is 0 Å². The smallest absolute Gasteiger partial charge is 0.235 e. The molecule has 53 heavy (non-hydrogen) atoms. The van der Waals surface area contributed by atoms with Crippen LogP contribution in [0.2, 0.25) is 0 Å². The first-order valence-electron chi connectivity index (χ1n) is 16.9. The van der Waals surface area contributed by atoms with Gasteiger partial charge in [-0.15, -0.1) is 11.3 Å². The maximum atomic E-state index is 14.9. The summed E-state index contributed by atoms with van der Waals surface area (Å²) in [5, 5.41) is 4.92. The summed E-state index contributed by atoms with van der Waals surface area (Å²) >= 11 is 1.47. The second-order valence-electron chi connectivity index (χ2n) is 12.6. The third kappa shape index (κ3) is 5.52. The van der Waals surface area contributed by atoms with Crippen LogP contribution in [-0.2, 0) is 20.0 Å². The van der Waals surface area contributed by atoms with E-state index in [9.17, 15) is 16.8 Å². The lowest BCUT2D eigenvalue weighted by molar-refractivity contribution is 0.595. The Morgan fingerprint density at radius 1 is 0.396 bits per heavy atom. The molecule has 0 saturated heterocycles. The summed E-state index contributed by atoms with van der Waals surface area (Å²) in [5.74, 6) is 0. The highest BCUT2D eigenvalue weighted by atomic mass is 32.2. The lowest BCUT2D eigenvalue weighted by Gasteiger charge is -2.25. The van der Waals surface area contributed by atoms with E-state index in [1.165, 1.54) is 19.9 Å². The molecule has 0 unspecified atom stereocenters. The SMILES string of the molecule is O=S(=O)(c1ccc2ccc3c(sc4cc(S(=O)(=O)N(c5ccccc5)c5ccccc5)c5ccccc5c43)c2c1)N(c1ccccc1)c1ccccc1. The third-order valence-corrected chi connectivity index (χ3v) is 14.1. The van der Waals surface area contributed by atoms with E-state index in [-0.39, 0.29) is 9.79 Å². The van der Waals surface area contributed by atoms with Crippen LogP contribution in [0.5, 0.6) is 0 Å². The van der Waals surface area contributed by atoms with Gasteiger partial charge in [0.1, 0.15) is 0 Å². The fourth-order valence-corrected chi connectivity index (χ4v) is 11.6. The van der Waals surface area contributed by atoms with Crippen LogP contribution in [0.15, 0.2) is 192 Å². The summed E-state index contributed by atoms with van der Waals surface area (Å²) in [6.07, 6.45) is 0. The quantitative estimate of drug-likeness (QED) is 0.155. The zero-order valence-corrected chi connectivity index (χ0v) is 30.5. The molecule has 6 nitrogen and oxygen atoms in total. The highest BCUT2D eigenvalue weighted by molar-refractivity contribution is 7.93. The van der Waals surface area contributed by atoms with E-state index in [1.54, 1.807) is 66.7 Å². The molecule has 0 bridgehead atoms. The van der Waals surface area contributed by atoms with E-state index in [2.05, 4.69) is 0 Å². The van der Waals surface area contributed by atoms with Crippen molar-refractivity contribution in [2.45, 2.75) is 9.79 Å². The van der Waals surface area contributed by atoms with Crippen molar-refractivity contribution in [1.29, 1.82) is 0 Å². The fraction of sp³-hybridized carbons (Fsp3) is 0. The number of hydrogen-bond donors (Lipinski definition) is 0. The molecule has 9 heteroatoms. The molecule has 258 valence electrons. The van der Waals surface area contributed by atoms with E-state index >= 15 is 0 Å². The number of sulfonamides is 2. The lowest BCUT2D eigenvalue weighted by atomic mass is 10.0. The predicted molar refractivity (Wildman–Crippen MR) is 219 cm³/mol. The fourth-order valence-electron chi connectivity index (χ4n) is 7.05. The predicted octanol–water partition coefficient (Wildman–Crippen LogP) is 11.4. The van der Waals surface area contributed by atoms with Gasteiger partial charge in [-0.2, -0.15) is 0 Å². The molecule has 0 radical (unpaired) electrons. The number of anilines is 4. The van der Waals surface area contributed by atoms with Crippen molar-refractivity contribution in [2.75, 3.05) is 8.61 Å². The van der Waals surface area contributed by atoms with Crippen LogP contribution in [0.1, 0.15) is 0 Å². The molecule has 0 aliphatic heterocycles. The average molecular weight is 747 g/mol. The Hall–Kier alpha value is -6.00. The Morgan fingerprint density at radius 2 is 0.849 bits per heavy atom. The molecule has 1 aromatic heterocycles. The minimum atomic E-state index is -4.14. The first-order valence-corrected chi connectivity index (χ1v) is 20.6. The topological polar surface area (TPSA) is 74.8 Å². The summed E-state index contributed by atoms with van der Waals surface area (Å²) in [4.78, 5) is 0.339. The molecule has 0 aliphatic carbocycles. The zero-order valence-electron chi connectivity index (χ0n) is 28.1. The molecular formula is C44H30N2O4S3. The maximum absolute atomic E-state index is 14.9. The number of fused-ring (bicyclic) bond motifs is 7. The molecule has 9 rings (SSSR count). The second kappa shape index (κ2) is 12.9. The van der Waals surface area contributed by atoms with Crippen molar-refractivity contribution in [2.24, 2.45) is 0 Å².